The number of amides is 2. The predicted molar refractivity (Wildman–Crippen MR) is 75.0 cm³/mol. The van der Waals surface area contributed by atoms with Gasteiger partial charge >= 0.3 is 6.03 Å². The van der Waals surface area contributed by atoms with Crippen molar-refractivity contribution in [3.63, 3.8) is 0 Å². The van der Waals surface area contributed by atoms with Crippen LogP contribution in [0.5, 0.6) is 0 Å². The fraction of sp³-hybridized carbons (Fsp3) is 0.500. The first-order valence-electron chi connectivity index (χ1n) is 6.61. The highest BCUT2D eigenvalue weighted by atomic mass is 16.5. The van der Waals surface area contributed by atoms with E-state index in [2.05, 4.69) is 5.32 Å². The van der Waals surface area contributed by atoms with Crippen LogP contribution in [0.1, 0.15) is 18.4 Å². The summed E-state index contributed by atoms with van der Waals surface area (Å²) in [5, 5.41) is 2.90. The molecule has 0 atom stereocenters. The molecule has 1 fully saturated rings. The molecular weight excluding hydrogens is 242 g/mol. The summed E-state index contributed by atoms with van der Waals surface area (Å²) in [6.45, 7) is 1.97. The first-order valence-corrected chi connectivity index (χ1v) is 6.61. The Bertz CT molecular complexity index is 413. The number of hydrogen-bond donors (Lipinski definition) is 2. The fourth-order valence-corrected chi connectivity index (χ4v) is 2.17. The molecule has 5 nitrogen and oxygen atoms in total. The maximum Gasteiger partial charge on any atom is 0.321 e. The summed E-state index contributed by atoms with van der Waals surface area (Å²) in [6, 6.07) is 7.77. The molecule has 2 amide bonds. The summed E-state index contributed by atoms with van der Waals surface area (Å²) < 4.78 is 5.30. The first-order chi connectivity index (χ1) is 9.20. The number of hydrogen-bond acceptors (Lipinski definition) is 3. The van der Waals surface area contributed by atoms with Crippen LogP contribution in [0.2, 0.25) is 0 Å². The highest BCUT2D eigenvalue weighted by Crippen LogP contribution is 2.15. The average Bonchev–Trinajstić information content (AvgIpc) is 2.48. The topological polar surface area (TPSA) is 67.6 Å². The highest BCUT2D eigenvalue weighted by molar-refractivity contribution is 5.89. The molecule has 0 aliphatic carbocycles. The molecule has 1 aliphatic heterocycles. The maximum atomic E-state index is 12.1. The molecule has 104 valence electrons. The second-order valence-electron chi connectivity index (χ2n) is 4.79. The Morgan fingerprint density at radius 1 is 1.37 bits per heavy atom. The van der Waals surface area contributed by atoms with E-state index in [-0.39, 0.29) is 12.1 Å². The number of nitrogens with two attached hydrogens (primary N) is 1. The molecule has 1 aliphatic rings. The smallest absolute Gasteiger partial charge is 0.321 e. The third-order valence-electron chi connectivity index (χ3n) is 3.50. The molecule has 0 unspecified atom stereocenters. The van der Waals surface area contributed by atoms with Crippen LogP contribution < -0.4 is 11.1 Å². The molecular formula is C14H21N3O2. The summed E-state index contributed by atoms with van der Waals surface area (Å²) in [6.07, 6.45) is 1.80. The van der Waals surface area contributed by atoms with Gasteiger partial charge in [0.25, 0.3) is 0 Å². The van der Waals surface area contributed by atoms with E-state index in [1.807, 2.05) is 31.3 Å². The molecule has 3 N–H and O–H groups in total. The van der Waals surface area contributed by atoms with Gasteiger partial charge in [-0.1, -0.05) is 12.1 Å². The van der Waals surface area contributed by atoms with E-state index >= 15 is 0 Å². The van der Waals surface area contributed by atoms with Crippen molar-refractivity contribution in [1.82, 2.24) is 4.90 Å². The Morgan fingerprint density at radius 2 is 2.00 bits per heavy atom. The monoisotopic (exact) mass is 263 g/mol. The number of anilines is 1. The summed E-state index contributed by atoms with van der Waals surface area (Å²) in [7, 11) is 1.83. The number of carbonyl (C=O) groups excluding carboxylic acids is 1. The normalized spacial score (nSPS) is 16.1. The second-order valence-corrected chi connectivity index (χ2v) is 4.79. The fourth-order valence-electron chi connectivity index (χ4n) is 2.17. The first kappa shape index (κ1) is 13.8. The van der Waals surface area contributed by atoms with E-state index in [1.165, 1.54) is 0 Å². The number of nitrogens with one attached hydrogen (secondary N) is 1. The lowest BCUT2D eigenvalue weighted by Crippen LogP contribution is -2.42. The van der Waals surface area contributed by atoms with E-state index in [9.17, 15) is 4.79 Å². The number of rotatable bonds is 3. The zero-order valence-corrected chi connectivity index (χ0v) is 11.3. The molecule has 0 bridgehead atoms. The van der Waals surface area contributed by atoms with Crippen LogP contribution in [0.15, 0.2) is 24.3 Å². The van der Waals surface area contributed by atoms with Crippen LogP contribution in [0.25, 0.3) is 0 Å². The molecule has 1 aromatic carbocycles. The van der Waals surface area contributed by atoms with Crippen LogP contribution in [0, 0.1) is 0 Å². The molecule has 1 heterocycles. The van der Waals surface area contributed by atoms with Crippen LogP contribution in [0.3, 0.4) is 0 Å². The molecule has 0 saturated carbocycles. The SMILES string of the molecule is CN(C(=O)Nc1ccc(CN)cc1)C1CCOCC1. The van der Waals surface area contributed by atoms with Gasteiger partial charge in [0.1, 0.15) is 0 Å². The summed E-state index contributed by atoms with van der Waals surface area (Å²) in [4.78, 5) is 13.9. The van der Waals surface area contributed by atoms with Gasteiger partial charge in [-0.3, -0.25) is 0 Å². The zero-order chi connectivity index (χ0) is 13.7. The Hall–Kier alpha value is -1.59. The molecule has 5 heteroatoms. The van der Waals surface area contributed by atoms with Crippen molar-refractivity contribution in [2.45, 2.75) is 25.4 Å². The Balaban J connectivity index is 1.91. The van der Waals surface area contributed by atoms with Gasteiger partial charge in [0.05, 0.1) is 0 Å². The number of carbonyl (C=O) groups is 1. The van der Waals surface area contributed by atoms with Crippen LogP contribution in [-0.4, -0.2) is 37.2 Å². The largest absolute Gasteiger partial charge is 0.381 e. The van der Waals surface area contributed by atoms with Gasteiger partial charge in [0.2, 0.25) is 0 Å². The zero-order valence-electron chi connectivity index (χ0n) is 11.3. The molecule has 1 aromatic rings. The average molecular weight is 263 g/mol. The molecule has 1 saturated heterocycles. The van der Waals surface area contributed by atoms with Gasteiger partial charge < -0.3 is 20.7 Å². The lowest BCUT2D eigenvalue weighted by atomic mass is 10.1. The lowest BCUT2D eigenvalue weighted by Gasteiger charge is -2.31. The van der Waals surface area contributed by atoms with Crippen molar-refractivity contribution < 1.29 is 9.53 Å². The van der Waals surface area contributed by atoms with E-state index in [1.54, 1.807) is 4.90 Å². The van der Waals surface area contributed by atoms with Crippen LogP contribution in [0.4, 0.5) is 10.5 Å². The van der Waals surface area contributed by atoms with Crippen molar-refractivity contribution in [1.29, 1.82) is 0 Å². The van der Waals surface area contributed by atoms with Gasteiger partial charge in [-0.05, 0) is 30.5 Å². The maximum absolute atomic E-state index is 12.1. The molecule has 0 spiro atoms. The summed E-state index contributed by atoms with van der Waals surface area (Å²) in [5.41, 5.74) is 7.38. The minimum absolute atomic E-state index is 0.0765. The van der Waals surface area contributed by atoms with Crippen molar-refractivity contribution in [2.24, 2.45) is 5.73 Å². The van der Waals surface area contributed by atoms with Gasteiger partial charge in [-0.2, -0.15) is 0 Å². The third kappa shape index (κ3) is 3.68. The molecule has 0 radical (unpaired) electrons. The lowest BCUT2D eigenvalue weighted by molar-refractivity contribution is 0.0544. The van der Waals surface area contributed by atoms with E-state index < -0.39 is 0 Å². The van der Waals surface area contributed by atoms with Gasteiger partial charge in [-0.15, -0.1) is 0 Å². The quantitative estimate of drug-likeness (QED) is 0.873. The number of urea groups is 1. The van der Waals surface area contributed by atoms with Crippen LogP contribution >= 0.6 is 0 Å². The van der Waals surface area contributed by atoms with E-state index in [0.717, 1.165) is 37.3 Å². The number of benzene rings is 1. The third-order valence-corrected chi connectivity index (χ3v) is 3.50. The minimum atomic E-state index is -0.0765. The Labute approximate surface area is 113 Å². The van der Waals surface area contributed by atoms with Gasteiger partial charge in [-0.25, -0.2) is 4.79 Å². The van der Waals surface area contributed by atoms with E-state index in [0.29, 0.717) is 6.54 Å². The number of ether oxygens (including phenoxy) is 1. The molecule has 0 aromatic heterocycles. The van der Waals surface area contributed by atoms with Crippen molar-refractivity contribution in [3.8, 4) is 0 Å². The Morgan fingerprint density at radius 3 is 2.58 bits per heavy atom. The molecule has 2 rings (SSSR count). The van der Waals surface area contributed by atoms with Crippen molar-refractivity contribution in [2.75, 3.05) is 25.6 Å². The highest BCUT2D eigenvalue weighted by Gasteiger charge is 2.22. The summed E-state index contributed by atoms with van der Waals surface area (Å²) >= 11 is 0. The minimum Gasteiger partial charge on any atom is -0.381 e. The van der Waals surface area contributed by atoms with Crippen molar-refractivity contribution in [3.05, 3.63) is 29.8 Å². The number of nitrogens with zero attached hydrogens (tertiary/aromatic N) is 1. The van der Waals surface area contributed by atoms with Gasteiger partial charge in [0.15, 0.2) is 0 Å². The standard InChI is InChI=1S/C14H21N3O2/c1-17(13-6-8-19-9-7-13)14(18)16-12-4-2-11(10-15)3-5-12/h2-5,13H,6-10,15H2,1H3,(H,16,18). The molecule has 19 heavy (non-hydrogen) atoms. The van der Waals surface area contributed by atoms with Gasteiger partial charge in [0, 0.05) is 38.5 Å². The predicted octanol–water partition coefficient (Wildman–Crippen LogP) is 1.79. The van der Waals surface area contributed by atoms with E-state index in [4.69, 9.17) is 10.5 Å². The summed E-state index contributed by atoms with van der Waals surface area (Å²) in [5.74, 6) is 0. The van der Waals surface area contributed by atoms with Crippen molar-refractivity contribution >= 4 is 11.7 Å². The Kier molecular flexibility index (Phi) is 4.76. The second kappa shape index (κ2) is 6.54. The van der Waals surface area contributed by atoms with Crippen LogP contribution in [-0.2, 0) is 11.3 Å².